The average Bonchev–Trinajstić information content (AvgIpc) is 2.09. The second-order valence-corrected chi connectivity index (χ2v) is 4.12. The van der Waals surface area contributed by atoms with Crippen molar-refractivity contribution in [2.75, 3.05) is 0 Å². The molecule has 0 fully saturated rings. The monoisotopic (exact) mass is 218 g/mol. The van der Waals surface area contributed by atoms with Gasteiger partial charge in [0.05, 0.1) is 0 Å². The van der Waals surface area contributed by atoms with E-state index in [1.54, 1.807) is 0 Å². The number of hydrogen-bond acceptors (Lipinski definition) is 0. The molecular weight excluding hydrogens is 206 g/mol. The molecule has 0 saturated heterocycles. The Kier molecular flexibility index (Phi) is 4.33. The number of alkyl halides is 1. The molecule has 14 heavy (non-hydrogen) atoms. The van der Waals surface area contributed by atoms with Crippen molar-refractivity contribution < 1.29 is 8.78 Å². The molecule has 0 nitrogen and oxygen atoms in total. The molecule has 3 heteroatoms. The van der Waals surface area contributed by atoms with Gasteiger partial charge in [0, 0.05) is 10.9 Å². The Hall–Kier alpha value is -0.630. The molecular formula is C11H13ClF2. The summed E-state index contributed by atoms with van der Waals surface area (Å²) in [6.45, 7) is 1.87. The summed E-state index contributed by atoms with van der Waals surface area (Å²) in [5.74, 6) is -0.931. The molecule has 0 spiro atoms. The summed E-state index contributed by atoms with van der Waals surface area (Å²) in [4.78, 5) is 0. The maximum atomic E-state index is 13.1. The molecule has 0 amide bonds. The van der Waals surface area contributed by atoms with Gasteiger partial charge in [-0.05, 0) is 38.3 Å². The van der Waals surface area contributed by atoms with Crippen LogP contribution in [0.2, 0.25) is 0 Å². The smallest absolute Gasteiger partial charge is 0.129 e. The molecule has 1 aromatic rings. The fourth-order valence-corrected chi connectivity index (χ4v) is 1.49. The predicted octanol–water partition coefficient (Wildman–Crippen LogP) is 3.91. The second kappa shape index (κ2) is 5.30. The maximum absolute atomic E-state index is 13.1. The highest BCUT2D eigenvalue weighted by atomic mass is 35.5. The predicted molar refractivity (Wildman–Crippen MR) is 54.6 cm³/mol. The molecule has 0 radical (unpaired) electrons. The SMILES string of the molecule is CC(Cl)CCCc1c(F)cccc1F. The molecule has 0 bridgehead atoms. The normalized spacial score (nSPS) is 12.9. The summed E-state index contributed by atoms with van der Waals surface area (Å²) < 4.78 is 26.2. The second-order valence-electron chi connectivity index (χ2n) is 3.37. The van der Waals surface area contributed by atoms with Gasteiger partial charge in [-0.3, -0.25) is 0 Å². The van der Waals surface area contributed by atoms with Crippen molar-refractivity contribution in [2.45, 2.75) is 31.6 Å². The minimum Gasteiger partial charge on any atom is -0.207 e. The first-order valence-corrected chi connectivity index (χ1v) is 5.12. The van der Waals surface area contributed by atoms with Gasteiger partial charge in [0.15, 0.2) is 0 Å². The molecule has 1 rings (SSSR count). The molecule has 1 aromatic carbocycles. The Bertz CT molecular complexity index is 277. The summed E-state index contributed by atoms with van der Waals surface area (Å²) >= 11 is 5.74. The van der Waals surface area contributed by atoms with E-state index >= 15 is 0 Å². The lowest BCUT2D eigenvalue weighted by Gasteiger charge is -2.05. The van der Waals surface area contributed by atoms with Gasteiger partial charge in [-0.25, -0.2) is 8.78 Å². The van der Waals surface area contributed by atoms with Crippen molar-refractivity contribution >= 4 is 11.6 Å². The molecule has 0 aliphatic heterocycles. The van der Waals surface area contributed by atoms with Crippen LogP contribution in [0.4, 0.5) is 8.78 Å². The van der Waals surface area contributed by atoms with E-state index in [0.717, 1.165) is 6.42 Å². The largest absolute Gasteiger partial charge is 0.207 e. The van der Waals surface area contributed by atoms with Crippen LogP contribution in [0.25, 0.3) is 0 Å². The fraction of sp³-hybridized carbons (Fsp3) is 0.455. The van der Waals surface area contributed by atoms with E-state index in [2.05, 4.69) is 0 Å². The summed E-state index contributed by atoms with van der Waals surface area (Å²) in [6, 6.07) is 3.93. The minimum atomic E-state index is -0.466. The Morgan fingerprint density at radius 2 is 1.86 bits per heavy atom. The minimum absolute atomic E-state index is 0.0600. The van der Waals surface area contributed by atoms with Crippen molar-refractivity contribution in [1.29, 1.82) is 0 Å². The van der Waals surface area contributed by atoms with Gasteiger partial charge in [0.1, 0.15) is 11.6 Å². The Morgan fingerprint density at radius 3 is 2.36 bits per heavy atom. The third kappa shape index (κ3) is 3.26. The number of hydrogen-bond donors (Lipinski definition) is 0. The average molecular weight is 219 g/mol. The van der Waals surface area contributed by atoms with Gasteiger partial charge < -0.3 is 0 Å². The number of benzene rings is 1. The van der Waals surface area contributed by atoms with E-state index in [4.69, 9.17) is 11.6 Å². The quantitative estimate of drug-likeness (QED) is 0.672. The van der Waals surface area contributed by atoms with Gasteiger partial charge in [-0.15, -0.1) is 11.6 Å². The molecule has 1 atom stereocenters. The lowest BCUT2D eigenvalue weighted by Crippen LogP contribution is -1.98. The topological polar surface area (TPSA) is 0 Å². The number of rotatable bonds is 4. The van der Waals surface area contributed by atoms with Crippen LogP contribution in [0.5, 0.6) is 0 Å². The van der Waals surface area contributed by atoms with Gasteiger partial charge in [0.2, 0.25) is 0 Å². The Morgan fingerprint density at radius 1 is 1.29 bits per heavy atom. The molecule has 78 valence electrons. The highest BCUT2D eigenvalue weighted by Crippen LogP contribution is 2.16. The molecule has 1 unspecified atom stereocenters. The first-order chi connectivity index (χ1) is 6.61. The van der Waals surface area contributed by atoms with Gasteiger partial charge in [0.25, 0.3) is 0 Å². The van der Waals surface area contributed by atoms with E-state index < -0.39 is 11.6 Å². The van der Waals surface area contributed by atoms with E-state index in [9.17, 15) is 8.78 Å². The van der Waals surface area contributed by atoms with Crippen molar-refractivity contribution in [3.63, 3.8) is 0 Å². The van der Waals surface area contributed by atoms with Crippen LogP contribution in [0.15, 0.2) is 18.2 Å². The standard InChI is InChI=1S/C11H13ClF2/c1-8(12)4-2-5-9-10(13)6-3-7-11(9)14/h3,6-8H,2,4-5H2,1H3. The Labute approximate surface area is 87.9 Å². The molecule has 0 saturated carbocycles. The van der Waals surface area contributed by atoms with Crippen LogP contribution in [-0.2, 0) is 6.42 Å². The zero-order valence-electron chi connectivity index (χ0n) is 8.06. The molecule has 0 N–H and O–H groups in total. The van der Waals surface area contributed by atoms with Crippen LogP contribution in [0, 0.1) is 11.6 Å². The third-order valence-corrected chi connectivity index (χ3v) is 2.31. The van der Waals surface area contributed by atoms with Crippen LogP contribution in [0.1, 0.15) is 25.3 Å². The van der Waals surface area contributed by atoms with E-state index in [0.29, 0.717) is 12.8 Å². The number of halogens is 3. The molecule has 0 heterocycles. The van der Waals surface area contributed by atoms with Gasteiger partial charge in [-0.2, -0.15) is 0 Å². The summed E-state index contributed by atoms with van der Waals surface area (Å²) in [7, 11) is 0. The lowest BCUT2D eigenvalue weighted by molar-refractivity contribution is 0.546. The first kappa shape index (κ1) is 11.4. The summed E-state index contributed by atoms with van der Waals surface area (Å²) in [6.07, 6.45) is 1.90. The van der Waals surface area contributed by atoms with Crippen molar-refractivity contribution in [3.05, 3.63) is 35.4 Å². The highest BCUT2D eigenvalue weighted by molar-refractivity contribution is 6.20. The van der Waals surface area contributed by atoms with Gasteiger partial charge >= 0.3 is 0 Å². The highest BCUT2D eigenvalue weighted by Gasteiger charge is 2.08. The van der Waals surface area contributed by atoms with Gasteiger partial charge in [-0.1, -0.05) is 6.07 Å². The summed E-state index contributed by atoms with van der Waals surface area (Å²) in [5.41, 5.74) is 0.171. The van der Waals surface area contributed by atoms with Crippen LogP contribution in [-0.4, -0.2) is 5.38 Å². The van der Waals surface area contributed by atoms with E-state index in [-0.39, 0.29) is 10.9 Å². The van der Waals surface area contributed by atoms with Crippen molar-refractivity contribution in [3.8, 4) is 0 Å². The zero-order chi connectivity index (χ0) is 10.6. The van der Waals surface area contributed by atoms with Crippen molar-refractivity contribution in [2.24, 2.45) is 0 Å². The van der Waals surface area contributed by atoms with E-state index in [1.165, 1.54) is 18.2 Å². The molecule has 0 aromatic heterocycles. The maximum Gasteiger partial charge on any atom is 0.129 e. The van der Waals surface area contributed by atoms with Crippen LogP contribution >= 0.6 is 11.6 Å². The van der Waals surface area contributed by atoms with E-state index in [1.807, 2.05) is 6.92 Å². The fourth-order valence-electron chi connectivity index (χ4n) is 1.33. The zero-order valence-corrected chi connectivity index (χ0v) is 8.82. The van der Waals surface area contributed by atoms with Crippen LogP contribution in [0.3, 0.4) is 0 Å². The molecule has 0 aliphatic rings. The van der Waals surface area contributed by atoms with Crippen LogP contribution < -0.4 is 0 Å². The third-order valence-electron chi connectivity index (χ3n) is 2.09. The lowest BCUT2D eigenvalue weighted by atomic mass is 10.1. The first-order valence-electron chi connectivity index (χ1n) is 4.68. The molecule has 0 aliphatic carbocycles. The summed E-state index contributed by atoms with van der Waals surface area (Å²) in [5, 5.41) is 0.0600. The Balaban J connectivity index is 2.58. The van der Waals surface area contributed by atoms with Crippen molar-refractivity contribution in [1.82, 2.24) is 0 Å².